The molecule has 6 rings (SSSR count). The highest BCUT2D eigenvalue weighted by Gasteiger charge is 2.39. The number of esters is 2. The predicted molar refractivity (Wildman–Crippen MR) is 238 cm³/mol. The van der Waals surface area contributed by atoms with Gasteiger partial charge in [-0.05, 0) is 159 Å². The summed E-state index contributed by atoms with van der Waals surface area (Å²) in [5.41, 5.74) is -1.17. The second kappa shape index (κ2) is 22.4. The van der Waals surface area contributed by atoms with E-state index in [-0.39, 0.29) is 55.2 Å². The van der Waals surface area contributed by atoms with Crippen molar-refractivity contribution in [2.75, 3.05) is 27.3 Å². The van der Waals surface area contributed by atoms with Crippen LogP contribution in [-0.4, -0.2) is 55.8 Å². The standard InChI is InChI=1S/C28H29F6NO4.C23H21F6NO2/c1-26(2,3)39-25(37)35(12-11-18-14-20(27(29,30)31)16-21(15-18)28(32,33)34)23-9-7-19-13-17(5-8-22(19)23)6-10-24(36)38-4;1-32-21(31)7-3-14-2-5-19-16(10-14)4-6-20(19)30-9-8-15-11-17(22(24,25)26)13-18(12-15)23(27,28)29/h5-6,8,10,13-16,23H,7,9,11-12H2,1-4H3;2-3,5,7,10-13,20,30H,4,6,8-9H2,1H3/b10-6+;7-3+. The normalized spacial score (nSPS) is 16.1. The van der Waals surface area contributed by atoms with E-state index in [1.54, 1.807) is 45.1 Å². The van der Waals surface area contributed by atoms with Crippen molar-refractivity contribution in [1.29, 1.82) is 0 Å². The van der Waals surface area contributed by atoms with Gasteiger partial charge >= 0.3 is 42.7 Å². The van der Waals surface area contributed by atoms with Crippen molar-refractivity contribution in [1.82, 2.24) is 10.2 Å². The summed E-state index contributed by atoms with van der Waals surface area (Å²) in [5.74, 6) is -0.985. The highest BCUT2D eigenvalue weighted by Crippen LogP contribution is 2.41. The van der Waals surface area contributed by atoms with Gasteiger partial charge in [0.15, 0.2) is 0 Å². The zero-order valence-corrected chi connectivity index (χ0v) is 39.0. The lowest BCUT2D eigenvalue weighted by molar-refractivity contribution is -0.144. The number of methoxy groups -OCH3 is 2. The largest absolute Gasteiger partial charge is 0.466 e. The molecule has 0 aromatic heterocycles. The van der Waals surface area contributed by atoms with Crippen LogP contribution in [0.1, 0.15) is 112 Å². The monoisotopic (exact) mass is 1010 g/mol. The second-order valence-electron chi connectivity index (χ2n) is 17.7. The van der Waals surface area contributed by atoms with Gasteiger partial charge in [-0.15, -0.1) is 0 Å². The second-order valence-corrected chi connectivity index (χ2v) is 17.7. The molecule has 1 amide bonds. The molecule has 0 aliphatic heterocycles. The van der Waals surface area contributed by atoms with E-state index in [1.165, 1.54) is 31.3 Å². The van der Waals surface area contributed by atoms with Crippen molar-refractivity contribution in [3.63, 3.8) is 0 Å². The average Bonchev–Trinajstić information content (AvgIpc) is 3.89. The first kappa shape index (κ1) is 55.6. The maximum Gasteiger partial charge on any atom is 0.416 e. The van der Waals surface area contributed by atoms with Crippen LogP contribution in [0.15, 0.2) is 84.9 Å². The van der Waals surface area contributed by atoms with Crippen LogP contribution >= 0.6 is 0 Å². The third-order valence-electron chi connectivity index (χ3n) is 11.4. The van der Waals surface area contributed by atoms with Crippen LogP contribution in [0.5, 0.6) is 0 Å². The summed E-state index contributed by atoms with van der Waals surface area (Å²) in [6, 6.07) is 13.6. The molecule has 2 aliphatic carbocycles. The molecule has 4 aromatic rings. The van der Waals surface area contributed by atoms with Crippen molar-refractivity contribution >= 4 is 30.2 Å². The number of hydrogen-bond acceptors (Lipinski definition) is 7. The molecule has 0 saturated heterocycles. The van der Waals surface area contributed by atoms with Crippen molar-refractivity contribution in [2.45, 2.75) is 102 Å². The molecule has 71 heavy (non-hydrogen) atoms. The first-order valence-corrected chi connectivity index (χ1v) is 22.0. The molecule has 2 unspecified atom stereocenters. The Balaban J connectivity index is 0.000000269. The van der Waals surface area contributed by atoms with Gasteiger partial charge in [0, 0.05) is 24.7 Å². The molecule has 0 bridgehead atoms. The number of halogens is 12. The van der Waals surface area contributed by atoms with Crippen LogP contribution in [0.25, 0.3) is 12.2 Å². The molecule has 8 nitrogen and oxygen atoms in total. The van der Waals surface area contributed by atoms with Gasteiger partial charge in [0.25, 0.3) is 0 Å². The zero-order valence-electron chi connectivity index (χ0n) is 39.0. The first-order chi connectivity index (χ1) is 32.9. The minimum Gasteiger partial charge on any atom is -0.466 e. The number of aryl methyl sites for hydroxylation is 2. The third kappa shape index (κ3) is 15.8. The fourth-order valence-electron chi connectivity index (χ4n) is 8.12. The molecule has 1 N–H and O–H groups in total. The summed E-state index contributed by atoms with van der Waals surface area (Å²) in [4.78, 5) is 37.2. The third-order valence-corrected chi connectivity index (χ3v) is 11.4. The summed E-state index contributed by atoms with van der Waals surface area (Å²) in [5, 5.41) is 3.23. The van der Waals surface area contributed by atoms with Gasteiger partial charge in [0.1, 0.15) is 5.60 Å². The van der Waals surface area contributed by atoms with Gasteiger partial charge in [-0.1, -0.05) is 36.4 Å². The Kier molecular flexibility index (Phi) is 17.6. The number of carbonyl (C=O) groups excluding carboxylic acids is 3. The van der Waals surface area contributed by atoms with E-state index in [0.717, 1.165) is 58.4 Å². The van der Waals surface area contributed by atoms with Crippen LogP contribution < -0.4 is 5.32 Å². The maximum absolute atomic E-state index is 13.3. The van der Waals surface area contributed by atoms with Gasteiger partial charge in [-0.25, -0.2) is 14.4 Å². The lowest BCUT2D eigenvalue weighted by Crippen LogP contribution is -2.40. The lowest BCUT2D eigenvalue weighted by atomic mass is 10.0. The van der Waals surface area contributed by atoms with E-state index in [0.29, 0.717) is 25.0 Å². The van der Waals surface area contributed by atoms with E-state index in [2.05, 4.69) is 14.8 Å². The van der Waals surface area contributed by atoms with E-state index < -0.39 is 76.6 Å². The smallest absolute Gasteiger partial charge is 0.416 e. The van der Waals surface area contributed by atoms with Crippen molar-refractivity contribution in [2.24, 2.45) is 0 Å². The van der Waals surface area contributed by atoms with Gasteiger partial charge in [0.2, 0.25) is 0 Å². The minimum absolute atomic E-state index is 0.0266. The number of fused-ring (bicyclic) bond motifs is 2. The Morgan fingerprint density at radius 2 is 1.01 bits per heavy atom. The molecule has 0 heterocycles. The van der Waals surface area contributed by atoms with Crippen molar-refractivity contribution in [3.05, 3.63) is 152 Å². The van der Waals surface area contributed by atoms with Crippen molar-refractivity contribution in [3.8, 4) is 0 Å². The number of ether oxygens (including phenoxy) is 3. The van der Waals surface area contributed by atoms with Crippen LogP contribution in [-0.2, 0) is 74.2 Å². The maximum atomic E-state index is 13.3. The molecule has 2 atom stereocenters. The molecule has 0 saturated carbocycles. The minimum atomic E-state index is -4.97. The molecular formula is C51H50F12N2O6. The van der Waals surface area contributed by atoms with Crippen molar-refractivity contribution < 1.29 is 81.3 Å². The first-order valence-electron chi connectivity index (χ1n) is 22.0. The Bertz CT molecular complexity index is 2540. The number of amides is 1. The molecule has 0 spiro atoms. The predicted octanol–water partition coefficient (Wildman–Crippen LogP) is 13.1. The molecule has 2 aliphatic rings. The molecule has 20 heteroatoms. The molecule has 0 fully saturated rings. The SMILES string of the molecule is COC(=O)/C=C/c1ccc2c(c1)CCC2N(CCc1cc(C(F)(F)F)cc(C(F)(F)F)c1)C(=O)OC(C)(C)C.COC(=O)/C=C/c1ccc2c(c1)CCC2NCCc1cc(C(F)(F)F)cc(C(F)(F)F)c1. The topological polar surface area (TPSA) is 94.2 Å². The number of alkyl halides is 12. The van der Waals surface area contributed by atoms with Gasteiger partial charge in [-0.3, -0.25) is 0 Å². The molecular weight excluding hydrogens is 965 g/mol. The van der Waals surface area contributed by atoms with E-state index in [9.17, 15) is 67.1 Å². The Morgan fingerprint density at radius 1 is 0.592 bits per heavy atom. The number of benzene rings is 4. The van der Waals surface area contributed by atoms with E-state index in [4.69, 9.17) is 4.74 Å². The number of nitrogens with zero attached hydrogens (tertiary/aromatic N) is 1. The number of nitrogens with one attached hydrogen (secondary N) is 1. The van der Waals surface area contributed by atoms with E-state index in [1.807, 2.05) is 24.3 Å². The Morgan fingerprint density at radius 3 is 1.45 bits per heavy atom. The molecule has 384 valence electrons. The van der Waals surface area contributed by atoms with Crippen LogP contribution in [0, 0.1) is 0 Å². The summed E-state index contributed by atoms with van der Waals surface area (Å²) < 4.78 is 173. The van der Waals surface area contributed by atoms with Crippen LogP contribution in [0.2, 0.25) is 0 Å². The van der Waals surface area contributed by atoms with Crippen LogP contribution in [0.3, 0.4) is 0 Å². The number of carbonyl (C=O) groups is 3. The highest BCUT2D eigenvalue weighted by molar-refractivity contribution is 5.87. The van der Waals surface area contributed by atoms with E-state index >= 15 is 0 Å². The van der Waals surface area contributed by atoms with Gasteiger partial charge in [-0.2, -0.15) is 52.7 Å². The Labute approximate surface area is 401 Å². The summed E-state index contributed by atoms with van der Waals surface area (Å²) >= 11 is 0. The fourth-order valence-corrected chi connectivity index (χ4v) is 8.12. The molecule has 4 aromatic carbocycles. The van der Waals surface area contributed by atoms with Crippen LogP contribution in [0.4, 0.5) is 57.5 Å². The fraction of sp³-hybridized carbons (Fsp3) is 0.392. The van der Waals surface area contributed by atoms with Gasteiger partial charge < -0.3 is 24.4 Å². The zero-order chi connectivity index (χ0) is 52.7. The Hall–Kier alpha value is -6.31. The average molecular weight is 1010 g/mol. The summed E-state index contributed by atoms with van der Waals surface area (Å²) in [7, 11) is 2.55. The van der Waals surface area contributed by atoms with Gasteiger partial charge in [0.05, 0.1) is 42.5 Å². The molecule has 0 radical (unpaired) electrons. The number of hydrogen-bond donors (Lipinski definition) is 1. The summed E-state index contributed by atoms with van der Waals surface area (Å²) in [6.07, 6.45) is -12.2. The summed E-state index contributed by atoms with van der Waals surface area (Å²) in [6.45, 7) is 5.05. The quantitative estimate of drug-likeness (QED) is 0.0654. The highest BCUT2D eigenvalue weighted by atomic mass is 19.4. The number of rotatable bonds is 12. The lowest BCUT2D eigenvalue weighted by Gasteiger charge is -2.32.